The number of carbonyl (C=O) groups excluding carboxylic acids is 3. The molecule has 3 amide bonds. The first-order valence-electron chi connectivity index (χ1n) is 16.6. The second-order valence-electron chi connectivity index (χ2n) is 11.9. The zero-order valence-corrected chi connectivity index (χ0v) is 30.4. The molecule has 0 aliphatic heterocycles. The summed E-state index contributed by atoms with van der Waals surface area (Å²) in [5.74, 6) is -0.568. The highest BCUT2D eigenvalue weighted by Crippen LogP contribution is 2.37. The van der Waals surface area contributed by atoms with Crippen LogP contribution in [0.4, 0.5) is 11.4 Å². The van der Waals surface area contributed by atoms with Gasteiger partial charge in [0.15, 0.2) is 5.58 Å². The van der Waals surface area contributed by atoms with Crippen LogP contribution in [-0.4, -0.2) is 22.7 Å². The number of oxazole rings is 1. The van der Waals surface area contributed by atoms with Crippen LogP contribution in [0.3, 0.4) is 0 Å². The maximum absolute atomic E-state index is 13.8. The van der Waals surface area contributed by atoms with Crippen LogP contribution in [0.1, 0.15) is 26.7 Å². The first-order chi connectivity index (χ1) is 25.9. The lowest BCUT2D eigenvalue weighted by Crippen LogP contribution is -2.30. The van der Waals surface area contributed by atoms with E-state index in [2.05, 4.69) is 36.9 Å². The fourth-order valence-electron chi connectivity index (χ4n) is 5.42. The molecule has 3 N–H and O–H groups in total. The van der Waals surface area contributed by atoms with Crippen LogP contribution in [0.5, 0.6) is 0 Å². The van der Waals surface area contributed by atoms with Crippen molar-refractivity contribution < 1.29 is 18.8 Å². The van der Waals surface area contributed by atoms with Gasteiger partial charge in [-0.15, -0.1) is 11.8 Å². The number of aromatic nitrogens is 1. The molecule has 0 bridgehead atoms. The number of carbonyl (C=O) groups is 3. The van der Waals surface area contributed by atoms with E-state index in [0.717, 1.165) is 31.6 Å². The Morgan fingerprint density at radius 2 is 1.30 bits per heavy atom. The maximum Gasteiger partial charge on any atom is 0.272 e. The number of hydrogen-bond donors (Lipinski definition) is 3. The number of anilines is 2. The minimum absolute atomic E-state index is 0.0855. The minimum Gasteiger partial charge on any atom is -0.436 e. The van der Waals surface area contributed by atoms with Crippen LogP contribution < -0.4 is 16.0 Å². The van der Waals surface area contributed by atoms with Crippen LogP contribution in [0.25, 0.3) is 28.6 Å². The third kappa shape index (κ3) is 8.99. The van der Waals surface area contributed by atoms with E-state index in [1.807, 2.05) is 121 Å². The molecule has 0 fully saturated rings. The van der Waals surface area contributed by atoms with Crippen LogP contribution >= 0.6 is 27.7 Å². The second-order valence-corrected chi connectivity index (χ2v) is 14.0. The number of amides is 3. The Kier molecular flexibility index (Phi) is 10.9. The molecule has 10 heteroatoms. The third-order valence-electron chi connectivity index (χ3n) is 8.11. The van der Waals surface area contributed by atoms with Crippen molar-refractivity contribution in [3.05, 3.63) is 185 Å². The van der Waals surface area contributed by atoms with Crippen molar-refractivity contribution in [2.75, 3.05) is 10.6 Å². The van der Waals surface area contributed by atoms with Crippen molar-refractivity contribution in [2.45, 2.75) is 10.1 Å². The SMILES string of the molecule is O=C(Nc1ccc(SC(C(=O)Nc2ccc(-c3nc4ccccc4o3)cc2)c2ccccc2)cc1)/C(=C/c1ccc(Br)cc1)NC(=O)c1ccccc1. The van der Waals surface area contributed by atoms with E-state index in [-0.39, 0.29) is 11.6 Å². The summed E-state index contributed by atoms with van der Waals surface area (Å²) in [4.78, 5) is 45.7. The number of hydrogen-bond acceptors (Lipinski definition) is 6. The number of rotatable bonds is 11. The summed E-state index contributed by atoms with van der Waals surface area (Å²) >= 11 is 4.82. The van der Waals surface area contributed by atoms with Gasteiger partial charge in [-0.1, -0.05) is 88.7 Å². The van der Waals surface area contributed by atoms with Crippen molar-refractivity contribution in [3.63, 3.8) is 0 Å². The van der Waals surface area contributed by atoms with Gasteiger partial charge in [0, 0.05) is 31.9 Å². The van der Waals surface area contributed by atoms with Crippen molar-refractivity contribution in [1.82, 2.24) is 10.3 Å². The lowest BCUT2D eigenvalue weighted by molar-refractivity contribution is -0.116. The highest BCUT2D eigenvalue weighted by Gasteiger charge is 2.23. The van der Waals surface area contributed by atoms with Gasteiger partial charge >= 0.3 is 0 Å². The van der Waals surface area contributed by atoms with Crippen molar-refractivity contribution in [3.8, 4) is 11.5 Å². The van der Waals surface area contributed by atoms with Gasteiger partial charge in [-0.3, -0.25) is 14.4 Å². The van der Waals surface area contributed by atoms with Gasteiger partial charge in [0.25, 0.3) is 11.8 Å². The predicted octanol–water partition coefficient (Wildman–Crippen LogP) is 10.1. The van der Waals surface area contributed by atoms with Gasteiger partial charge in [0.05, 0.1) is 0 Å². The number of para-hydroxylation sites is 2. The summed E-state index contributed by atoms with van der Waals surface area (Å²) in [5.41, 5.74) is 5.55. The topological polar surface area (TPSA) is 113 Å². The Hall–Kier alpha value is -6.23. The first kappa shape index (κ1) is 35.2. The van der Waals surface area contributed by atoms with Crippen molar-refractivity contribution >= 4 is 74.0 Å². The van der Waals surface area contributed by atoms with Crippen LogP contribution in [0.15, 0.2) is 177 Å². The molecule has 0 aliphatic carbocycles. The Labute approximate surface area is 318 Å². The monoisotopic (exact) mass is 778 g/mol. The van der Waals surface area contributed by atoms with Gasteiger partial charge in [0.2, 0.25) is 11.8 Å². The smallest absolute Gasteiger partial charge is 0.272 e. The zero-order valence-electron chi connectivity index (χ0n) is 28.0. The molecule has 1 atom stereocenters. The Balaban J connectivity index is 1.05. The summed E-state index contributed by atoms with van der Waals surface area (Å²) in [6.07, 6.45) is 1.62. The van der Waals surface area contributed by atoms with Crippen LogP contribution in [-0.2, 0) is 9.59 Å². The highest BCUT2D eigenvalue weighted by molar-refractivity contribution is 9.10. The van der Waals surface area contributed by atoms with Crippen LogP contribution in [0.2, 0.25) is 0 Å². The Morgan fingerprint density at radius 1 is 0.679 bits per heavy atom. The van der Waals surface area contributed by atoms with Gasteiger partial charge in [0.1, 0.15) is 16.5 Å². The molecule has 1 heterocycles. The first-order valence-corrected chi connectivity index (χ1v) is 18.3. The Bertz CT molecular complexity index is 2370. The summed E-state index contributed by atoms with van der Waals surface area (Å²) in [5, 5.41) is 8.14. The molecule has 0 aliphatic rings. The molecular formula is C43H31BrN4O4S. The molecular weight excluding hydrogens is 748 g/mol. The van der Waals surface area contributed by atoms with Gasteiger partial charge in [-0.2, -0.15) is 0 Å². The number of nitrogens with zero attached hydrogens (tertiary/aromatic N) is 1. The second kappa shape index (κ2) is 16.4. The van der Waals surface area contributed by atoms with Gasteiger partial charge in [-0.05, 0) is 102 Å². The van der Waals surface area contributed by atoms with Gasteiger partial charge in [-0.25, -0.2) is 4.98 Å². The molecule has 0 saturated carbocycles. The highest BCUT2D eigenvalue weighted by atomic mass is 79.9. The third-order valence-corrected chi connectivity index (χ3v) is 9.90. The average Bonchev–Trinajstić information content (AvgIpc) is 3.63. The van der Waals surface area contributed by atoms with E-state index < -0.39 is 17.1 Å². The minimum atomic E-state index is -0.568. The normalized spacial score (nSPS) is 11.8. The molecule has 8 nitrogen and oxygen atoms in total. The quantitative estimate of drug-likeness (QED) is 0.0890. The summed E-state index contributed by atoms with van der Waals surface area (Å²) in [6.45, 7) is 0. The molecule has 0 saturated heterocycles. The molecule has 0 spiro atoms. The summed E-state index contributed by atoms with van der Waals surface area (Å²) in [6, 6.07) is 47.9. The fraction of sp³-hybridized carbons (Fsp3) is 0.0233. The molecule has 6 aromatic carbocycles. The number of fused-ring (bicyclic) bond motifs is 1. The van der Waals surface area contributed by atoms with Crippen molar-refractivity contribution in [1.29, 1.82) is 0 Å². The zero-order chi connectivity index (χ0) is 36.6. The lowest BCUT2D eigenvalue weighted by Gasteiger charge is -2.18. The van der Waals surface area contributed by atoms with Crippen LogP contribution in [0, 0.1) is 0 Å². The van der Waals surface area contributed by atoms with E-state index in [1.165, 1.54) is 11.8 Å². The average molecular weight is 780 g/mol. The fourth-order valence-corrected chi connectivity index (χ4v) is 6.71. The summed E-state index contributed by atoms with van der Waals surface area (Å²) in [7, 11) is 0. The van der Waals surface area contributed by atoms with E-state index in [0.29, 0.717) is 28.4 Å². The number of thioether (sulfide) groups is 1. The van der Waals surface area contributed by atoms with E-state index >= 15 is 0 Å². The number of benzene rings is 6. The maximum atomic E-state index is 13.8. The molecule has 53 heavy (non-hydrogen) atoms. The van der Waals surface area contributed by atoms with Crippen molar-refractivity contribution in [2.24, 2.45) is 0 Å². The molecule has 7 rings (SSSR count). The predicted molar refractivity (Wildman–Crippen MR) is 214 cm³/mol. The van der Waals surface area contributed by atoms with E-state index in [4.69, 9.17) is 4.42 Å². The van der Waals surface area contributed by atoms with Gasteiger partial charge < -0.3 is 20.4 Å². The lowest BCUT2D eigenvalue weighted by atomic mass is 10.1. The molecule has 7 aromatic rings. The number of nitrogens with one attached hydrogen (secondary N) is 3. The van der Waals surface area contributed by atoms with E-state index in [9.17, 15) is 14.4 Å². The number of halogens is 1. The summed E-state index contributed by atoms with van der Waals surface area (Å²) < 4.78 is 6.79. The molecule has 0 radical (unpaired) electrons. The standard InChI is InChI=1S/C43H31BrN4O4S/c44-32-19-15-28(16-20-32)27-37(47-40(49)30-11-5-2-6-12-30)41(50)45-34-23-25-35(26-24-34)53-39(29-9-3-1-4-10-29)42(51)46-33-21-17-31(18-22-33)43-48-36-13-7-8-14-38(36)52-43/h1-27,39H,(H,45,50)(H,46,51)(H,47,49)/b37-27-. The molecule has 1 aromatic heterocycles. The van der Waals surface area contributed by atoms with E-state index in [1.54, 1.807) is 42.5 Å². The Morgan fingerprint density at radius 3 is 2.00 bits per heavy atom. The molecule has 1 unspecified atom stereocenters. The largest absolute Gasteiger partial charge is 0.436 e. The molecule has 260 valence electrons.